The molecule has 0 fully saturated rings. The van der Waals surface area contributed by atoms with E-state index in [0.717, 1.165) is 16.8 Å². The van der Waals surface area contributed by atoms with Gasteiger partial charge in [0.05, 0.1) is 10.5 Å². The first-order chi connectivity index (χ1) is 9.52. The maximum atomic E-state index is 10.5. The number of nitrogens with zero attached hydrogens (tertiary/aromatic N) is 3. The van der Waals surface area contributed by atoms with Crippen molar-refractivity contribution in [1.29, 1.82) is 5.26 Å². The van der Waals surface area contributed by atoms with Crippen LogP contribution in [0.15, 0.2) is 29.3 Å². The molecule has 6 heteroatoms. The summed E-state index contributed by atoms with van der Waals surface area (Å²) >= 11 is 0. The standard InChI is InChI=1S/C14H12N4O2/c1-9-10(2)17-14(13(9)7-15)16-8-11-3-5-12(6-4-11)18(19)20/h3-6,8,17H,1-2H3/b16-8+. The predicted octanol–water partition coefficient (Wildman–Crippen LogP) is 3.16. The lowest BCUT2D eigenvalue weighted by atomic mass is 10.2. The minimum Gasteiger partial charge on any atom is -0.343 e. The number of aliphatic imine (C=N–C) groups is 1. The van der Waals surface area contributed by atoms with Crippen LogP contribution in [-0.4, -0.2) is 16.1 Å². The molecule has 0 saturated heterocycles. The maximum Gasteiger partial charge on any atom is 0.269 e. The van der Waals surface area contributed by atoms with Crippen LogP contribution in [0.25, 0.3) is 0 Å². The minimum atomic E-state index is -0.452. The van der Waals surface area contributed by atoms with Crippen molar-refractivity contribution in [3.8, 4) is 6.07 Å². The zero-order valence-corrected chi connectivity index (χ0v) is 11.0. The highest BCUT2D eigenvalue weighted by Crippen LogP contribution is 2.23. The van der Waals surface area contributed by atoms with Crippen molar-refractivity contribution in [2.24, 2.45) is 4.99 Å². The lowest BCUT2D eigenvalue weighted by Gasteiger charge is -1.94. The highest BCUT2D eigenvalue weighted by atomic mass is 16.6. The first-order valence-corrected chi connectivity index (χ1v) is 5.90. The van der Waals surface area contributed by atoms with Crippen molar-refractivity contribution in [3.63, 3.8) is 0 Å². The molecule has 0 spiro atoms. The third-order valence-electron chi connectivity index (χ3n) is 3.04. The number of nitriles is 1. The Morgan fingerprint density at radius 2 is 2.00 bits per heavy atom. The van der Waals surface area contributed by atoms with E-state index in [9.17, 15) is 10.1 Å². The van der Waals surface area contributed by atoms with Crippen molar-refractivity contribution in [3.05, 3.63) is 56.8 Å². The van der Waals surface area contributed by atoms with Crippen molar-refractivity contribution < 1.29 is 4.92 Å². The van der Waals surface area contributed by atoms with Gasteiger partial charge in [-0.25, -0.2) is 4.99 Å². The van der Waals surface area contributed by atoms with Gasteiger partial charge in [-0.3, -0.25) is 10.1 Å². The molecule has 1 heterocycles. The molecule has 100 valence electrons. The Morgan fingerprint density at radius 3 is 2.55 bits per heavy atom. The van der Waals surface area contributed by atoms with E-state index in [-0.39, 0.29) is 5.69 Å². The van der Waals surface area contributed by atoms with Gasteiger partial charge in [0, 0.05) is 24.0 Å². The average molecular weight is 268 g/mol. The van der Waals surface area contributed by atoms with Crippen LogP contribution in [0.1, 0.15) is 22.4 Å². The Labute approximate surface area is 115 Å². The number of aromatic nitrogens is 1. The van der Waals surface area contributed by atoms with E-state index in [1.807, 2.05) is 13.8 Å². The number of aromatic amines is 1. The zero-order chi connectivity index (χ0) is 14.7. The molecular formula is C14H12N4O2. The van der Waals surface area contributed by atoms with Crippen LogP contribution in [0.4, 0.5) is 11.5 Å². The zero-order valence-electron chi connectivity index (χ0n) is 11.0. The molecule has 0 aliphatic carbocycles. The monoisotopic (exact) mass is 268 g/mol. The van der Waals surface area contributed by atoms with Gasteiger partial charge in [-0.15, -0.1) is 0 Å². The Morgan fingerprint density at radius 1 is 1.35 bits per heavy atom. The van der Waals surface area contributed by atoms with Crippen molar-refractivity contribution in [2.45, 2.75) is 13.8 Å². The Kier molecular flexibility index (Phi) is 3.62. The number of nitro benzene ring substituents is 1. The summed E-state index contributed by atoms with van der Waals surface area (Å²) in [5.41, 5.74) is 3.05. The molecule has 0 aliphatic heterocycles. The number of nitrogens with one attached hydrogen (secondary N) is 1. The van der Waals surface area contributed by atoms with Crippen molar-refractivity contribution >= 4 is 17.7 Å². The molecule has 2 rings (SSSR count). The van der Waals surface area contributed by atoms with Crippen LogP contribution >= 0.6 is 0 Å². The van der Waals surface area contributed by atoms with Crippen molar-refractivity contribution in [2.75, 3.05) is 0 Å². The van der Waals surface area contributed by atoms with Gasteiger partial charge in [0.15, 0.2) is 0 Å². The molecule has 2 aromatic rings. The summed E-state index contributed by atoms with van der Waals surface area (Å²) in [4.78, 5) is 17.4. The number of nitro groups is 1. The number of aryl methyl sites for hydroxylation is 1. The molecular weight excluding hydrogens is 256 g/mol. The SMILES string of the molecule is Cc1[nH]c(/N=C/c2ccc([N+](=O)[O-])cc2)c(C#N)c1C. The smallest absolute Gasteiger partial charge is 0.269 e. The van der Waals surface area contributed by atoms with Gasteiger partial charge in [-0.1, -0.05) is 0 Å². The van der Waals surface area contributed by atoms with Crippen LogP contribution in [0, 0.1) is 35.3 Å². The second kappa shape index (κ2) is 5.36. The van der Waals surface area contributed by atoms with E-state index in [1.54, 1.807) is 18.3 Å². The molecule has 1 aromatic carbocycles. The Hall–Kier alpha value is -2.94. The molecule has 0 bridgehead atoms. The van der Waals surface area contributed by atoms with Gasteiger partial charge in [-0.2, -0.15) is 5.26 Å². The average Bonchev–Trinajstić information content (AvgIpc) is 2.71. The highest BCUT2D eigenvalue weighted by Gasteiger charge is 2.09. The molecule has 1 aromatic heterocycles. The molecule has 6 nitrogen and oxygen atoms in total. The first kappa shape index (κ1) is 13.5. The van der Waals surface area contributed by atoms with Crippen LogP contribution in [0.2, 0.25) is 0 Å². The lowest BCUT2D eigenvalue weighted by molar-refractivity contribution is -0.384. The quantitative estimate of drug-likeness (QED) is 0.526. The molecule has 0 unspecified atom stereocenters. The van der Waals surface area contributed by atoms with Crippen LogP contribution in [0.5, 0.6) is 0 Å². The molecule has 0 radical (unpaired) electrons. The summed E-state index contributed by atoms with van der Waals surface area (Å²) in [7, 11) is 0. The summed E-state index contributed by atoms with van der Waals surface area (Å²) in [5, 5.41) is 19.6. The Balaban J connectivity index is 2.28. The first-order valence-electron chi connectivity index (χ1n) is 5.90. The highest BCUT2D eigenvalue weighted by molar-refractivity contribution is 5.82. The van der Waals surface area contributed by atoms with Gasteiger partial charge in [0.1, 0.15) is 11.9 Å². The van der Waals surface area contributed by atoms with Gasteiger partial charge in [-0.05, 0) is 37.1 Å². The number of hydrogen-bond donors (Lipinski definition) is 1. The lowest BCUT2D eigenvalue weighted by Crippen LogP contribution is -1.88. The normalized spacial score (nSPS) is 10.7. The number of hydrogen-bond acceptors (Lipinski definition) is 4. The summed E-state index contributed by atoms with van der Waals surface area (Å²) in [6.45, 7) is 3.73. The van der Waals surface area contributed by atoms with Gasteiger partial charge >= 0.3 is 0 Å². The topological polar surface area (TPSA) is 95.1 Å². The number of benzene rings is 1. The third kappa shape index (κ3) is 2.57. The molecule has 20 heavy (non-hydrogen) atoms. The number of non-ortho nitro benzene ring substituents is 1. The second-order valence-corrected chi connectivity index (χ2v) is 4.32. The van der Waals surface area contributed by atoms with Gasteiger partial charge in [0.25, 0.3) is 5.69 Å². The fraction of sp³-hybridized carbons (Fsp3) is 0.143. The Bertz CT molecular complexity index is 721. The van der Waals surface area contributed by atoms with E-state index >= 15 is 0 Å². The maximum absolute atomic E-state index is 10.5. The summed E-state index contributed by atoms with van der Waals surface area (Å²) in [6.07, 6.45) is 1.56. The van der Waals surface area contributed by atoms with Gasteiger partial charge in [0.2, 0.25) is 0 Å². The number of H-pyrrole nitrogens is 1. The van der Waals surface area contributed by atoms with Gasteiger partial charge < -0.3 is 4.98 Å². The van der Waals surface area contributed by atoms with Crippen LogP contribution < -0.4 is 0 Å². The second-order valence-electron chi connectivity index (χ2n) is 4.32. The molecule has 0 atom stereocenters. The predicted molar refractivity (Wildman–Crippen MR) is 75.3 cm³/mol. The summed E-state index contributed by atoms with van der Waals surface area (Å²) < 4.78 is 0. The van der Waals surface area contributed by atoms with Crippen molar-refractivity contribution in [1.82, 2.24) is 4.98 Å². The summed E-state index contributed by atoms with van der Waals surface area (Å²) in [5.74, 6) is 0.501. The molecule has 0 amide bonds. The van der Waals surface area contributed by atoms with E-state index in [1.165, 1.54) is 12.1 Å². The molecule has 0 saturated carbocycles. The van der Waals surface area contributed by atoms with E-state index < -0.39 is 4.92 Å². The van der Waals surface area contributed by atoms with E-state index in [0.29, 0.717) is 11.4 Å². The largest absolute Gasteiger partial charge is 0.343 e. The van der Waals surface area contributed by atoms with Crippen LogP contribution in [0.3, 0.4) is 0 Å². The third-order valence-corrected chi connectivity index (χ3v) is 3.04. The van der Waals surface area contributed by atoms with E-state index in [4.69, 9.17) is 5.26 Å². The fourth-order valence-electron chi connectivity index (χ4n) is 1.75. The molecule has 0 aliphatic rings. The molecule has 1 N–H and O–H groups in total. The van der Waals surface area contributed by atoms with E-state index in [2.05, 4.69) is 16.0 Å². The van der Waals surface area contributed by atoms with Crippen LogP contribution in [-0.2, 0) is 0 Å². The minimum absolute atomic E-state index is 0.0337. The summed E-state index contributed by atoms with van der Waals surface area (Å²) in [6, 6.07) is 8.15. The fourth-order valence-corrected chi connectivity index (χ4v) is 1.75. The number of rotatable bonds is 3.